The highest BCUT2D eigenvalue weighted by atomic mass is 19.1. The number of anilines is 1. The molecular weight excluding hydrogens is 269 g/mol. The number of nitrogens with zero attached hydrogens (tertiary/aromatic N) is 2. The molecule has 0 atom stereocenters. The maximum atomic E-state index is 13.3. The molecule has 0 radical (unpaired) electrons. The number of hydrogen-bond acceptors (Lipinski definition) is 4. The summed E-state index contributed by atoms with van der Waals surface area (Å²) >= 11 is 0. The van der Waals surface area contributed by atoms with Crippen LogP contribution in [-0.2, 0) is 6.42 Å². The van der Waals surface area contributed by atoms with E-state index in [2.05, 4.69) is 22.2 Å². The summed E-state index contributed by atoms with van der Waals surface area (Å²) in [5.41, 5.74) is 1.49. The highest BCUT2D eigenvalue weighted by Gasteiger charge is 2.13. The van der Waals surface area contributed by atoms with Crippen LogP contribution < -0.4 is 10.1 Å². The summed E-state index contributed by atoms with van der Waals surface area (Å²) < 4.78 is 19.1. The van der Waals surface area contributed by atoms with E-state index in [4.69, 9.17) is 4.74 Å². The molecule has 21 heavy (non-hydrogen) atoms. The van der Waals surface area contributed by atoms with Gasteiger partial charge in [0.05, 0.1) is 5.56 Å². The fourth-order valence-corrected chi connectivity index (χ4v) is 2.07. The number of aromatic nitrogens is 2. The standard InChI is InChI=1S/C16H20FN3O/c1-4-6-13-15(18-5-2)19-10-20-16(13)21-12-7-8-14(17)11(3)9-12/h7-10H,4-6H2,1-3H3,(H,18,19,20). The first-order valence-electron chi connectivity index (χ1n) is 7.17. The minimum Gasteiger partial charge on any atom is -0.439 e. The van der Waals surface area contributed by atoms with Gasteiger partial charge in [0.2, 0.25) is 5.88 Å². The Balaban J connectivity index is 2.33. The summed E-state index contributed by atoms with van der Waals surface area (Å²) in [7, 11) is 0. The first-order valence-corrected chi connectivity index (χ1v) is 7.17. The van der Waals surface area contributed by atoms with E-state index < -0.39 is 0 Å². The van der Waals surface area contributed by atoms with Crippen molar-refractivity contribution in [3.8, 4) is 11.6 Å². The zero-order valence-electron chi connectivity index (χ0n) is 12.6. The van der Waals surface area contributed by atoms with Gasteiger partial charge in [-0.2, -0.15) is 0 Å². The van der Waals surface area contributed by atoms with Crippen LogP contribution in [-0.4, -0.2) is 16.5 Å². The molecule has 0 saturated carbocycles. The van der Waals surface area contributed by atoms with Crippen molar-refractivity contribution in [2.45, 2.75) is 33.6 Å². The molecule has 0 unspecified atom stereocenters. The van der Waals surface area contributed by atoms with Crippen LogP contribution in [0.3, 0.4) is 0 Å². The first-order chi connectivity index (χ1) is 10.2. The third-order valence-electron chi connectivity index (χ3n) is 3.09. The van der Waals surface area contributed by atoms with Crippen LogP contribution in [0.1, 0.15) is 31.4 Å². The Hall–Kier alpha value is -2.17. The molecule has 112 valence electrons. The van der Waals surface area contributed by atoms with Crippen molar-refractivity contribution in [2.24, 2.45) is 0 Å². The van der Waals surface area contributed by atoms with Crippen molar-refractivity contribution in [1.29, 1.82) is 0 Å². The van der Waals surface area contributed by atoms with Crippen LogP contribution in [0.5, 0.6) is 11.6 Å². The Morgan fingerprint density at radius 1 is 1.24 bits per heavy atom. The van der Waals surface area contributed by atoms with E-state index in [1.807, 2.05) is 6.92 Å². The van der Waals surface area contributed by atoms with Gasteiger partial charge in [0.15, 0.2) is 0 Å². The van der Waals surface area contributed by atoms with Crippen LogP contribution in [0.2, 0.25) is 0 Å². The van der Waals surface area contributed by atoms with Gasteiger partial charge in [-0.15, -0.1) is 0 Å². The molecule has 0 amide bonds. The highest BCUT2D eigenvalue weighted by molar-refractivity contribution is 5.50. The van der Waals surface area contributed by atoms with E-state index in [1.165, 1.54) is 12.4 Å². The molecule has 0 bridgehead atoms. The molecule has 0 aliphatic rings. The smallest absolute Gasteiger partial charge is 0.227 e. The third kappa shape index (κ3) is 3.68. The van der Waals surface area contributed by atoms with Gasteiger partial charge in [0.25, 0.3) is 0 Å². The van der Waals surface area contributed by atoms with Gasteiger partial charge >= 0.3 is 0 Å². The van der Waals surface area contributed by atoms with Gasteiger partial charge in [-0.05, 0) is 44.0 Å². The molecule has 1 N–H and O–H groups in total. The van der Waals surface area contributed by atoms with Crippen LogP contribution in [0.15, 0.2) is 24.5 Å². The Labute approximate surface area is 124 Å². The van der Waals surface area contributed by atoms with Crippen LogP contribution in [0, 0.1) is 12.7 Å². The molecule has 1 aromatic heterocycles. The fourth-order valence-electron chi connectivity index (χ4n) is 2.07. The molecule has 0 saturated heterocycles. The SMILES string of the molecule is CCCc1c(NCC)ncnc1Oc1ccc(F)c(C)c1. The average molecular weight is 289 g/mol. The van der Waals surface area contributed by atoms with Crippen molar-refractivity contribution >= 4 is 5.82 Å². The number of rotatable bonds is 6. The van der Waals surface area contributed by atoms with Crippen molar-refractivity contribution in [1.82, 2.24) is 9.97 Å². The van der Waals surface area contributed by atoms with E-state index in [9.17, 15) is 4.39 Å². The lowest BCUT2D eigenvalue weighted by molar-refractivity contribution is 0.452. The quantitative estimate of drug-likeness (QED) is 0.869. The molecular formula is C16H20FN3O. The summed E-state index contributed by atoms with van der Waals surface area (Å²) in [4.78, 5) is 8.48. The number of ether oxygens (including phenoxy) is 1. The maximum Gasteiger partial charge on any atom is 0.227 e. The second-order valence-electron chi connectivity index (χ2n) is 4.80. The molecule has 1 aromatic carbocycles. The zero-order valence-corrected chi connectivity index (χ0v) is 12.6. The lowest BCUT2D eigenvalue weighted by atomic mass is 10.1. The summed E-state index contributed by atoms with van der Waals surface area (Å²) in [6, 6.07) is 4.67. The van der Waals surface area contributed by atoms with E-state index in [-0.39, 0.29) is 5.82 Å². The van der Waals surface area contributed by atoms with Gasteiger partial charge in [-0.1, -0.05) is 13.3 Å². The van der Waals surface area contributed by atoms with Crippen molar-refractivity contribution < 1.29 is 9.13 Å². The molecule has 1 heterocycles. The van der Waals surface area contributed by atoms with Gasteiger partial charge in [0.1, 0.15) is 23.7 Å². The molecule has 0 spiro atoms. The largest absolute Gasteiger partial charge is 0.439 e. The van der Waals surface area contributed by atoms with Crippen LogP contribution in [0.4, 0.5) is 10.2 Å². The second-order valence-corrected chi connectivity index (χ2v) is 4.80. The van der Waals surface area contributed by atoms with E-state index >= 15 is 0 Å². The monoisotopic (exact) mass is 289 g/mol. The van der Waals surface area contributed by atoms with Crippen molar-refractivity contribution in [3.63, 3.8) is 0 Å². The zero-order chi connectivity index (χ0) is 15.2. The molecule has 2 aromatic rings. The first kappa shape index (κ1) is 15.2. The maximum absolute atomic E-state index is 13.3. The third-order valence-corrected chi connectivity index (χ3v) is 3.09. The number of halogens is 1. The number of benzene rings is 1. The van der Waals surface area contributed by atoms with Crippen molar-refractivity contribution in [2.75, 3.05) is 11.9 Å². The topological polar surface area (TPSA) is 47.0 Å². The fraction of sp³-hybridized carbons (Fsp3) is 0.375. The average Bonchev–Trinajstić information content (AvgIpc) is 2.46. The predicted octanol–water partition coefficient (Wildman–Crippen LogP) is 4.10. The number of nitrogens with one attached hydrogen (secondary N) is 1. The van der Waals surface area contributed by atoms with E-state index in [0.29, 0.717) is 17.2 Å². The molecule has 5 heteroatoms. The Morgan fingerprint density at radius 2 is 2.05 bits per heavy atom. The lowest BCUT2D eigenvalue weighted by Crippen LogP contribution is -2.06. The Bertz CT molecular complexity index is 616. The highest BCUT2D eigenvalue weighted by Crippen LogP contribution is 2.28. The predicted molar refractivity (Wildman–Crippen MR) is 81.4 cm³/mol. The summed E-state index contributed by atoms with van der Waals surface area (Å²) in [5, 5.41) is 3.22. The summed E-state index contributed by atoms with van der Waals surface area (Å²) in [5.74, 6) is 1.65. The minimum atomic E-state index is -0.243. The molecule has 2 rings (SSSR count). The van der Waals surface area contributed by atoms with E-state index in [1.54, 1.807) is 19.1 Å². The Kier molecular flexibility index (Phi) is 5.09. The molecule has 0 fully saturated rings. The Morgan fingerprint density at radius 3 is 2.71 bits per heavy atom. The van der Waals surface area contributed by atoms with E-state index in [0.717, 1.165) is 30.8 Å². The van der Waals surface area contributed by atoms with Gasteiger partial charge in [-0.3, -0.25) is 0 Å². The molecule has 0 aliphatic carbocycles. The summed E-state index contributed by atoms with van der Waals surface area (Å²) in [6.07, 6.45) is 3.26. The van der Waals surface area contributed by atoms with Gasteiger partial charge in [-0.25, -0.2) is 14.4 Å². The van der Waals surface area contributed by atoms with Crippen LogP contribution in [0.25, 0.3) is 0 Å². The molecule has 0 aliphatic heterocycles. The second kappa shape index (κ2) is 7.02. The summed E-state index contributed by atoms with van der Waals surface area (Å²) in [6.45, 7) is 6.60. The molecule has 4 nitrogen and oxygen atoms in total. The van der Waals surface area contributed by atoms with Crippen molar-refractivity contribution in [3.05, 3.63) is 41.5 Å². The number of aryl methyl sites for hydroxylation is 1. The van der Waals surface area contributed by atoms with Gasteiger partial charge < -0.3 is 10.1 Å². The van der Waals surface area contributed by atoms with Crippen LogP contribution >= 0.6 is 0 Å². The lowest BCUT2D eigenvalue weighted by Gasteiger charge is -2.13. The minimum absolute atomic E-state index is 0.243. The number of hydrogen-bond donors (Lipinski definition) is 1. The van der Waals surface area contributed by atoms with Gasteiger partial charge in [0, 0.05) is 6.54 Å². The normalized spacial score (nSPS) is 10.5.